The van der Waals surface area contributed by atoms with E-state index in [2.05, 4.69) is 10.1 Å². The molecule has 1 atom stereocenters. The molecule has 1 saturated heterocycles. The van der Waals surface area contributed by atoms with Gasteiger partial charge in [0, 0.05) is 37.8 Å². The van der Waals surface area contributed by atoms with Gasteiger partial charge in [0.05, 0.1) is 23.8 Å². The summed E-state index contributed by atoms with van der Waals surface area (Å²) in [4.78, 5) is 47.6. The van der Waals surface area contributed by atoms with E-state index in [1.165, 1.54) is 23.1 Å². The molecule has 1 aromatic carbocycles. The van der Waals surface area contributed by atoms with Crippen LogP contribution in [0.15, 0.2) is 53.5 Å². The van der Waals surface area contributed by atoms with Crippen molar-refractivity contribution in [2.24, 2.45) is 7.05 Å². The van der Waals surface area contributed by atoms with Crippen molar-refractivity contribution in [1.82, 2.24) is 24.6 Å². The van der Waals surface area contributed by atoms with Gasteiger partial charge < -0.3 is 14.5 Å². The van der Waals surface area contributed by atoms with Crippen LogP contribution in [-0.2, 0) is 23.2 Å². The van der Waals surface area contributed by atoms with Crippen LogP contribution in [0.3, 0.4) is 0 Å². The molecule has 2 aromatic heterocycles. The van der Waals surface area contributed by atoms with E-state index >= 15 is 0 Å². The lowest BCUT2D eigenvalue weighted by molar-refractivity contribution is -0.134. The number of pyridine rings is 1. The molecular formula is C27H31N5O4. The first kappa shape index (κ1) is 24.1. The van der Waals surface area contributed by atoms with Crippen LogP contribution in [0.2, 0.25) is 0 Å². The van der Waals surface area contributed by atoms with E-state index in [4.69, 9.17) is 4.74 Å². The summed E-state index contributed by atoms with van der Waals surface area (Å²) in [5.74, 6) is -0.458. The van der Waals surface area contributed by atoms with Crippen molar-refractivity contribution in [3.8, 4) is 0 Å². The molecule has 2 amide bonds. The molecule has 0 N–H and O–H groups in total. The van der Waals surface area contributed by atoms with Crippen LogP contribution >= 0.6 is 0 Å². The summed E-state index contributed by atoms with van der Waals surface area (Å²) in [6.07, 6.45) is 6.68. The summed E-state index contributed by atoms with van der Waals surface area (Å²) >= 11 is 0. The van der Waals surface area contributed by atoms with Crippen LogP contribution in [0, 0.1) is 0 Å². The molecule has 9 nitrogen and oxygen atoms in total. The van der Waals surface area contributed by atoms with Crippen LogP contribution < -0.4 is 5.56 Å². The maximum Gasteiger partial charge on any atom is 0.275 e. The third-order valence-corrected chi connectivity index (χ3v) is 7.13. The normalized spacial score (nSPS) is 19.5. The number of rotatable bonds is 5. The fraction of sp³-hybridized carbons (Fsp3) is 0.444. The van der Waals surface area contributed by atoms with E-state index < -0.39 is 0 Å². The van der Waals surface area contributed by atoms with Crippen molar-refractivity contribution in [3.05, 3.63) is 70.4 Å². The van der Waals surface area contributed by atoms with Gasteiger partial charge in [-0.1, -0.05) is 43.5 Å². The Kier molecular flexibility index (Phi) is 7.09. The molecule has 3 heterocycles. The number of fused-ring (bicyclic) bond motifs is 1. The van der Waals surface area contributed by atoms with Crippen LogP contribution in [0.1, 0.15) is 48.3 Å². The summed E-state index contributed by atoms with van der Waals surface area (Å²) in [5, 5.41) is 5.20. The van der Waals surface area contributed by atoms with E-state index in [1.807, 2.05) is 23.1 Å². The highest BCUT2D eigenvalue weighted by Crippen LogP contribution is 2.25. The molecule has 1 aliphatic heterocycles. The minimum atomic E-state index is -0.382. The molecule has 2 fully saturated rings. The number of hydrogen-bond acceptors (Lipinski definition) is 6. The molecule has 36 heavy (non-hydrogen) atoms. The van der Waals surface area contributed by atoms with Crippen molar-refractivity contribution >= 4 is 22.6 Å². The van der Waals surface area contributed by atoms with Gasteiger partial charge >= 0.3 is 0 Å². The van der Waals surface area contributed by atoms with Crippen LogP contribution in [0.5, 0.6) is 0 Å². The second kappa shape index (κ2) is 10.6. The lowest BCUT2D eigenvalue weighted by Crippen LogP contribution is -2.46. The summed E-state index contributed by atoms with van der Waals surface area (Å²) in [5.41, 5.74) is 0.685. The molecule has 9 heteroatoms. The summed E-state index contributed by atoms with van der Waals surface area (Å²) in [7, 11) is 1.53. The van der Waals surface area contributed by atoms with Gasteiger partial charge in [0.25, 0.3) is 11.5 Å². The Hall–Kier alpha value is -3.59. The van der Waals surface area contributed by atoms with E-state index in [9.17, 15) is 14.4 Å². The first-order valence-electron chi connectivity index (χ1n) is 12.6. The molecule has 1 aliphatic carbocycles. The van der Waals surface area contributed by atoms with Crippen LogP contribution in [0.4, 0.5) is 0 Å². The monoisotopic (exact) mass is 489 g/mol. The number of hydrogen-bond donors (Lipinski definition) is 0. The first-order chi connectivity index (χ1) is 17.5. The molecule has 0 radical (unpaired) electrons. The number of nitrogens with zero attached hydrogens (tertiary/aromatic N) is 5. The highest BCUT2D eigenvalue weighted by Gasteiger charge is 2.36. The third-order valence-electron chi connectivity index (χ3n) is 7.13. The SMILES string of the molecule is Cn1nc(C(=O)N2CC(=O)N(C3CCCCC3)C[C@H](OCc3ccccn3)C2)c2ccccc2c1=O. The Morgan fingerprint density at radius 3 is 2.50 bits per heavy atom. The zero-order valence-electron chi connectivity index (χ0n) is 20.5. The molecule has 0 unspecified atom stereocenters. The predicted octanol–water partition coefficient (Wildman–Crippen LogP) is 2.53. The molecule has 188 valence electrons. The van der Waals surface area contributed by atoms with E-state index in [0.717, 1.165) is 31.4 Å². The average Bonchev–Trinajstić information content (AvgIpc) is 3.09. The Bertz CT molecular complexity index is 1300. The topological polar surface area (TPSA) is 97.6 Å². The average molecular weight is 490 g/mol. The Morgan fingerprint density at radius 1 is 1.00 bits per heavy atom. The maximum absolute atomic E-state index is 13.8. The minimum Gasteiger partial charge on any atom is -0.368 e. The van der Waals surface area contributed by atoms with Gasteiger partial charge in [-0.25, -0.2) is 4.68 Å². The van der Waals surface area contributed by atoms with Crippen molar-refractivity contribution in [2.45, 2.75) is 50.9 Å². The van der Waals surface area contributed by atoms with E-state index in [0.29, 0.717) is 23.9 Å². The van der Waals surface area contributed by atoms with Gasteiger partial charge in [-0.2, -0.15) is 5.10 Å². The third kappa shape index (κ3) is 5.02. The Balaban J connectivity index is 1.45. The number of aromatic nitrogens is 3. The van der Waals surface area contributed by atoms with Gasteiger partial charge in [0.1, 0.15) is 6.54 Å². The highest BCUT2D eigenvalue weighted by atomic mass is 16.5. The second-order valence-corrected chi connectivity index (χ2v) is 9.60. The van der Waals surface area contributed by atoms with Gasteiger partial charge in [-0.15, -0.1) is 0 Å². The summed E-state index contributed by atoms with van der Waals surface area (Å²) in [6.45, 7) is 0.930. The Morgan fingerprint density at radius 2 is 1.75 bits per heavy atom. The molecular weight excluding hydrogens is 458 g/mol. The van der Waals surface area contributed by atoms with Gasteiger partial charge in [0.15, 0.2) is 5.69 Å². The fourth-order valence-corrected chi connectivity index (χ4v) is 5.24. The highest BCUT2D eigenvalue weighted by molar-refractivity contribution is 6.05. The smallest absolute Gasteiger partial charge is 0.275 e. The number of amides is 2. The molecule has 1 saturated carbocycles. The Labute approximate surface area is 209 Å². The van der Waals surface area contributed by atoms with E-state index in [-0.39, 0.29) is 48.3 Å². The van der Waals surface area contributed by atoms with Gasteiger partial charge in [-0.05, 0) is 31.0 Å². The van der Waals surface area contributed by atoms with Crippen LogP contribution in [-0.4, -0.2) is 68.2 Å². The number of carbonyl (C=O) groups excluding carboxylic acids is 2. The van der Waals surface area contributed by atoms with Crippen molar-refractivity contribution in [2.75, 3.05) is 19.6 Å². The van der Waals surface area contributed by atoms with Crippen LogP contribution in [0.25, 0.3) is 10.8 Å². The van der Waals surface area contributed by atoms with Crippen molar-refractivity contribution in [1.29, 1.82) is 0 Å². The zero-order chi connectivity index (χ0) is 25.1. The number of carbonyl (C=O) groups is 2. The molecule has 0 bridgehead atoms. The zero-order valence-corrected chi connectivity index (χ0v) is 20.5. The first-order valence-corrected chi connectivity index (χ1v) is 12.6. The van der Waals surface area contributed by atoms with Crippen molar-refractivity contribution in [3.63, 3.8) is 0 Å². The maximum atomic E-state index is 13.8. The number of ether oxygens (including phenoxy) is 1. The summed E-state index contributed by atoms with van der Waals surface area (Å²) in [6, 6.07) is 12.8. The predicted molar refractivity (Wildman–Crippen MR) is 134 cm³/mol. The second-order valence-electron chi connectivity index (χ2n) is 9.60. The van der Waals surface area contributed by atoms with Gasteiger partial charge in [0.2, 0.25) is 5.91 Å². The largest absolute Gasteiger partial charge is 0.368 e. The quantitative estimate of drug-likeness (QED) is 0.546. The molecule has 2 aliphatic rings. The van der Waals surface area contributed by atoms with Gasteiger partial charge in [-0.3, -0.25) is 19.4 Å². The molecule has 0 spiro atoms. The minimum absolute atomic E-state index is 0.0440. The fourth-order valence-electron chi connectivity index (χ4n) is 5.24. The standard InChI is InChI=1S/C27H31N5O4/c1-30-26(34)23-13-6-5-12-22(23)25(29-30)27(35)31-15-21(36-18-19-9-7-8-14-28-19)16-32(24(33)17-31)20-10-3-2-4-11-20/h5-9,12-14,20-21H,2-4,10-11,15-18H2,1H3/t21-/m1/s1. The number of aryl methyl sites for hydroxylation is 1. The lowest BCUT2D eigenvalue weighted by Gasteiger charge is -2.34. The van der Waals surface area contributed by atoms with Crippen molar-refractivity contribution < 1.29 is 14.3 Å². The lowest BCUT2D eigenvalue weighted by atomic mass is 9.94. The molecule has 3 aromatic rings. The van der Waals surface area contributed by atoms with E-state index in [1.54, 1.807) is 30.5 Å². The number of benzene rings is 1. The molecule has 5 rings (SSSR count). The summed E-state index contributed by atoms with van der Waals surface area (Å²) < 4.78 is 7.42.